The second-order valence-corrected chi connectivity index (χ2v) is 3.93. The fraction of sp³-hybridized carbons (Fsp3) is 0.273. The maximum Gasteiger partial charge on any atom is 0.280 e. The third-order valence-corrected chi connectivity index (χ3v) is 2.47. The minimum Gasteiger partial charge on any atom is -0.311 e. The van der Waals surface area contributed by atoms with E-state index in [1.807, 2.05) is 18.4 Å². The number of nitro benzene ring substituents is 1. The van der Waals surface area contributed by atoms with Crippen LogP contribution >= 0.6 is 0 Å². The summed E-state index contributed by atoms with van der Waals surface area (Å²) >= 11 is 0. The summed E-state index contributed by atoms with van der Waals surface area (Å²) < 4.78 is 1.81. The van der Waals surface area contributed by atoms with E-state index in [1.54, 1.807) is 24.5 Å². The van der Waals surface area contributed by atoms with Crippen LogP contribution < -0.4 is 0 Å². The molecule has 2 rings (SSSR count). The van der Waals surface area contributed by atoms with Gasteiger partial charge >= 0.3 is 0 Å². The Morgan fingerprint density at radius 3 is 2.71 bits per heavy atom. The van der Waals surface area contributed by atoms with Gasteiger partial charge in [0, 0.05) is 12.1 Å². The summed E-state index contributed by atoms with van der Waals surface area (Å²) in [4.78, 5) is 10.5. The van der Waals surface area contributed by atoms with Crippen LogP contribution in [0.15, 0.2) is 30.6 Å². The van der Waals surface area contributed by atoms with Crippen molar-refractivity contribution < 1.29 is 4.92 Å². The van der Waals surface area contributed by atoms with Crippen LogP contribution in [-0.4, -0.2) is 19.7 Å². The first kappa shape index (κ1) is 11.3. The molecule has 17 heavy (non-hydrogen) atoms. The number of hydrogen-bond donors (Lipinski definition) is 0. The van der Waals surface area contributed by atoms with Gasteiger partial charge in [-0.2, -0.15) is 0 Å². The van der Waals surface area contributed by atoms with Crippen molar-refractivity contribution in [2.75, 3.05) is 0 Å². The largest absolute Gasteiger partial charge is 0.311 e. The number of nitrogens with zero attached hydrogens (tertiary/aromatic N) is 4. The van der Waals surface area contributed by atoms with Crippen molar-refractivity contribution >= 4 is 5.69 Å². The SMILES string of the molecule is CC(C)n1cnnc1-c1ccccc1[N+](=O)[O-]. The van der Waals surface area contributed by atoms with E-state index in [0.29, 0.717) is 11.4 Å². The molecule has 0 N–H and O–H groups in total. The number of nitro groups is 1. The highest BCUT2D eigenvalue weighted by Crippen LogP contribution is 2.28. The van der Waals surface area contributed by atoms with Crippen molar-refractivity contribution in [1.29, 1.82) is 0 Å². The zero-order valence-electron chi connectivity index (χ0n) is 9.57. The summed E-state index contributed by atoms with van der Waals surface area (Å²) in [6.07, 6.45) is 1.58. The molecule has 1 heterocycles. The molecule has 1 aromatic heterocycles. The van der Waals surface area contributed by atoms with Crippen molar-refractivity contribution in [1.82, 2.24) is 14.8 Å². The summed E-state index contributed by atoms with van der Waals surface area (Å²) in [6, 6.07) is 6.69. The van der Waals surface area contributed by atoms with Gasteiger partial charge in [-0.15, -0.1) is 10.2 Å². The fourth-order valence-corrected chi connectivity index (χ4v) is 1.64. The van der Waals surface area contributed by atoms with Crippen LogP contribution in [0.2, 0.25) is 0 Å². The molecule has 0 amide bonds. The number of benzene rings is 1. The molecule has 0 saturated carbocycles. The van der Waals surface area contributed by atoms with Gasteiger partial charge in [-0.1, -0.05) is 12.1 Å². The van der Waals surface area contributed by atoms with Gasteiger partial charge in [0.1, 0.15) is 6.33 Å². The lowest BCUT2D eigenvalue weighted by Gasteiger charge is -2.09. The number of hydrogen-bond acceptors (Lipinski definition) is 4. The zero-order chi connectivity index (χ0) is 12.4. The van der Waals surface area contributed by atoms with E-state index in [2.05, 4.69) is 10.2 Å². The summed E-state index contributed by atoms with van der Waals surface area (Å²) in [5.74, 6) is 0.521. The molecule has 0 bridgehead atoms. The highest BCUT2D eigenvalue weighted by molar-refractivity contribution is 5.67. The van der Waals surface area contributed by atoms with Crippen LogP contribution in [-0.2, 0) is 0 Å². The first-order valence-electron chi connectivity index (χ1n) is 5.24. The maximum atomic E-state index is 10.9. The highest BCUT2D eigenvalue weighted by Gasteiger charge is 2.19. The molecule has 0 aliphatic heterocycles. The predicted molar refractivity (Wildman–Crippen MR) is 62.5 cm³/mol. The fourth-order valence-electron chi connectivity index (χ4n) is 1.64. The van der Waals surface area contributed by atoms with Crippen molar-refractivity contribution in [3.8, 4) is 11.4 Å². The Hall–Kier alpha value is -2.24. The van der Waals surface area contributed by atoms with Gasteiger partial charge in [0.15, 0.2) is 5.82 Å². The third kappa shape index (κ3) is 2.01. The molecule has 6 heteroatoms. The predicted octanol–water partition coefficient (Wildman–Crippen LogP) is 2.43. The highest BCUT2D eigenvalue weighted by atomic mass is 16.6. The minimum atomic E-state index is -0.408. The van der Waals surface area contributed by atoms with Crippen LogP contribution in [0.1, 0.15) is 19.9 Å². The van der Waals surface area contributed by atoms with Gasteiger partial charge < -0.3 is 4.57 Å². The molecule has 0 unspecified atom stereocenters. The molecule has 0 fully saturated rings. The van der Waals surface area contributed by atoms with Crippen molar-refractivity contribution in [2.45, 2.75) is 19.9 Å². The molecular weight excluding hydrogens is 220 g/mol. The molecule has 88 valence electrons. The van der Waals surface area contributed by atoms with Crippen molar-refractivity contribution in [2.24, 2.45) is 0 Å². The third-order valence-electron chi connectivity index (χ3n) is 2.47. The normalized spacial score (nSPS) is 10.8. The van der Waals surface area contributed by atoms with E-state index in [9.17, 15) is 10.1 Å². The van der Waals surface area contributed by atoms with E-state index >= 15 is 0 Å². The average Bonchev–Trinajstić information content (AvgIpc) is 2.77. The van der Waals surface area contributed by atoms with Gasteiger partial charge in [0.2, 0.25) is 0 Å². The van der Waals surface area contributed by atoms with E-state index in [-0.39, 0.29) is 11.7 Å². The van der Waals surface area contributed by atoms with E-state index in [1.165, 1.54) is 6.07 Å². The first-order valence-corrected chi connectivity index (χ1v) is 5.24. The Labute approximate surface area is 98.1 Å². The zero-order valence-corrected chi connectivity index (χ0v) is 9.57. The van der Waals surface area contributed by atoms with Crippen LogP contribution in [0.5, 0.6) is 0 Å². The van der Waals surface area contributed by atoms with Crippen LogP contribution in [0.3, 0.4) is 0 Å². The molecule has 1 aromatic carbocycles. The maximum absolute atomic E-state index is 10.9. The van der Waals surface area contributed by atoms with Crippen molar-refractivity contribution in [3.63, 3.8) is 0 Å². The minimum absolute atomic E-state index is 0.0439. The molecule has 0 saturated heterocycles. The molecule has 0 spiro atoms. The van der Waals surface area contributed by atoms with Gasteiger partial charge in [0.25, 0.3) is 5.69 Å². The van der Waals surface area contributed by atoms with Crippen LogP contribution in [0.4, 0.5) is 5.69 Å². The number of aromatic nitrogens is 3. The lowest BCUT2D eigenvalue weighted by atomic mass is 10.1. The standard InChI is InChI=1S/C11H12N4O2/c1-8(2)14-7-12-13-11(14)9-5-3-4-6-10(9)15(16)17/h3-8H,1-2H3. The Balaban J connectivity index is 2.60. The number of rotatable bonds is 3. The van der Waals surface area contributed by atoms with E-state index in [0.717, 1.165) is 0 Å². The Morgan fingerprint density at radius 2 is 2.06 bits per heavy atom. The summed E-state index contributed by atoms with van der Waals surface area (Å²) in [5.41, 5.74) is 0.533. The summed E-state index contributed by atoms with van der Waals surface area (Å²) in [6.45, 7) is 3.95. The molecule has 0 atom stereocenters. The van der Waals surface area contributed by atoms with E-state index < -0.39 is 4.92 Å². The Kier molecular flexibility index (Phi) is 2.86. The summed E-state index contributed by atoms with van der Waals surface area (Å²) in [7, 11) is 0. The topological polar surface area (TPSA) is 73.8 Å². The quantitative estimate of drug-likeness (QED) is 0.601. The second-order valence-electron chi connectivity index (χ2n) is 3.93. The molecule has 0 aliphatic rings. The van der Waals surface area contributed by atoms with Gasteiger partial charge in [-0.3, -0.25) is 10.1 Å². The van der Waals surface area contributed by atoms with E-state index in [4.69, 9.17) is 0 Å². The first-order chi connectivity index (χ1) is 8.11. The Morgan fingerprint density at radius 1 is 1.35 bits per heavy atom. The average molecular weight is 232 g/mol. The Bertz CT molecular complexity index is 548. The molecular formula is C11H12N4O2. The molecule has 2 aromatic rings. The second kappa shape index (κ2) is 4.32. The molecule has 6 nitrogen and oxygen atoms in total. The molecule has 0 aliphatic carbocycles. The van der Waals surface area contributed by atoms with Crippen LogP contribution in [0.25, 0.3) is 11.4 Å². The molecule has 0 radical (unpaired) electrons. The van der Waals surface area contributed by atoms with Crippen LogP contribution in [0, 0.1) is 10.1 Å². The van der Waals surface area contributed by atoms with Crippen molar-refractivity contribution in [3.05, 3.63) is 40.7 Å². The smallest absolute Gasteiger partial charge is 0.280 e. The lowest BCUT2D eigenvalue weighted by molar-refractivity contribution is -0.384. The number of para-hydroxylation sites is 1. The monoisotopic (exact) mass is 232 g/mol. The van der Waals surface area contributed by atoms with Gasteiger partial charge in [-0.05, 0) is 19.9 Å². The van der Waals surface area contributed by atoms with Gasteiger partial charge in [0.05, 0.1) is 10.5 Å². The lowest BCUT2D eigenvalue weighted by Crippen LogP contribution is -2.03. The summed E-state index contributed by atoms with van der Waals surface area (Å²) in [5, 5.41) is 18.7. The van der Waals surface area contributed by atoms with Gasteiger partial charge in [-0.25, -0.2) is 0 Å².